The molecule has 0 aromatic carbocycles. The summed E-state index contributed by atoms with van der Waals surface area (Å²) in [4.78, 5) is 23.4. The van der Waals surface area contributed by atoms with E-state index in [0.29, 0.717) is 29.0 Å². The van der Waals surface area contributed by atoms with Gasteiger partial charge in [0.05, 0.1) is 0 Å². The molecule has 1 spiro atoms. The van der Waals surface area contributed by atoms with Crippen LogP contribution in [0.3, 0.4) is 0 Å². The molecule has 29 heavy (non-hydrogen) atoms. The second kappa shape index (κ2) is 9.68. The molecule has 1 aromatic heterocycles. The maximum absolute atomic E-state index is 11.5. The first-order valence-electron chi connectivity index (χ1n) is 12.0. The molecule has 1 saturated heterocycles. The summed E-state index contributed by atoms with van der Waals surface area (Å²) in [5.74, 6) is 2.77. The molecule has 0 N–H and O–H groups in total. The molecule has 0 unspecified atom stereocenters. The number of likely N-dealkylation sites (tertiary alicyclic amines) is 1. The number of hydrogen-bond donors (Lipinski definition) is 0. The van der Waals surface area contributed by atoms with Crippen LogP contribution in [0, 0.1) is 11.3 Å². The van der Waals surface area contributed by atoms with E-state index in [4.69, 9.17) is 0 Å². The molecule has 3 fully saturated rings. The Morgan fingerprint density at radius 1 is 1.03 bits per heavy atom. The van der Waals surface area contributed by atoms with E-state index in [0.717, 1.165) is 11.9 Å². The van der Waals surface area contributed by atoms with Gasteiger partial charge >= 0.3 is 0 Å². The van der Waals surface area contributed by atoms with E-state index < -0.39 is 0 Å². The van der Waals surface area contributed by atoms with E-state index >= 15 is 0 Å². The largest absolute Gasteiger partial charge is 0.300 e. The monoisotopic (exact) mass is 399 g/mol. The van der Waals surface area contributed by atoms with E-state index in [2.05, 4.69) is 41.1 Å². The molecule has 0 amide bonds. The van der Waals surface area contributed by atoms with Gasteiger partial charge in [0.2, 0.25) is 0 Å². The predicted octanol–water partition coefficient (Wildman–Crippen LogP) is 5.73. The van der Waals surface area contributed by atoms with Crippen molar-refractivity contribution in [3.8, 4) is 0 Å². The number of Topliss-reactive ketones (excluding diaryl/α,β-unsaturated/α-hetero) is 1. The van der Waals surface area contributed by atoms with E-state index in [1.54, 1.807) is 6.92 Å². The lowest BCUT2D eigenvalue weighted by Gasteiger charge is -2.52. The normalized spacial score (nSPS) is 30.6. The highest BCUT2D eigenvalue weighted by Crippen LogP contribution is 2.55. The van der Waals surface area contributed by atoms with Crippen LogP contribution in [0.4, 0.5) is 0 Å². The van der Waals surface area contributed by atoms with E-state index in [9.17, 15) is 4.79 Å². The maximum atomic E-state index is 11.5. The summed E-state index contributed by atoms with van der Waals surface area (Å²) in [5, 5.41) is 0. The fourth-order valence-corrected chi connectivity index (χ4v) is 5.72. The zero-order valence-electron chi connectivity index (χ0n) is 19.3. The first kappa shape index (κ1) is 22.4. The quantitative estimate of drug-likeness (QED) is 0.648. The molecule has 1 aromatic rings. The van der Waals surface area contributed by atoms with Crippen LogP contribution in [0.5, 0.6) is 0 Å². The molecule has 0 bridgehead atoms. The number of hydrogen-bond acceptors (Lipinski definition) is 4. The number of aromatic nitrogens is 2. The van der Waals surface area contributed by atoms with Crippen molar-refractivity contribution in [2.45, 2.75) is 104 Å². The molecular weight excluding hydrogens is 358 g/mol. The minimum Gasteiger partial charge on any atom is -0.300 e. The van der Waals surface area contributed by atoms with Gasteiger partial charge in [-0.1, -0.05) is 27.7 Å². The average molecular weight is 400 g/mol. The van der Waals surface area contributed by atoms with Crippen molar-refractivity contribution >= 4 is 5.78 Å². The van der Waals surface area contributed by atoms with Gasteiger partial charge in [-0.2, -0.15) is 0 Å². The smallest absolute Gasteiger partial charge is 0.132 e. The van der Waals surface area contributed by atoms with E-state index in [1.165, 1.54) is 70.0 Å². The Morgan fingerprint density at radius 2 is 1.59 bits per heavy atom. The topological polar surface area (TPSA) is 46.1 Å². The van der Waals surface area contributed by atoms with Crippen molar-refractivity contribution in [3.63, 3.8) is 0 Å². The van der Waals surface area contributed by atoms with Crippen molar-refractivity contribution in [3.05, 3.63) is 23.8 Å². The van der Waals surface area contributed by atoms with Crippen LogP contribution in [0.25, 0.3) is 0 Å². The molecule has 2 heterocycles. The molecule has 4 nitrogen and oxygen atoms in total. The Bertz CT molecular complexity index is 645. The van der Waals surface area contributed by atoms with Crippen molar-refractivity contribution in [2.75, 3.05) is 13.1 Å². The van der Waals surface area contributed by atoms with Gasteiger partial charge in [0.25, 0.3) is 0 Å². The third-order valence-corrected chi connectivity index (χ3v) is 7.68. The number of rotatable bonds is 4. The standard InChI is InChI=1S/C23H35N3O.C2H6/c1-16(2)22-24-14-20(15-25-22)18-6-10-26(11-7-18)21-4-8-23(9-5-21)12-19(13-23)17(3)27;1-2/h14-16,18-19,21H,4-13H2,1-3H3;1-2H3. The fourth-order valence-electron chi connectivity index (χ4n) is 5.72. The van der Waals surface area contributed by atoms with Crippen molar-refractivity contribution < 1.29 is 4.79 Å². The van der Waals surface area contributed by atoms with Gasteiger partial charge in [-0.25, -0.2) is 9.97 Å². The molecule has 0 radical (unpaired) electrons. The first-order chi connectivity index (χ1) is 14.0. The van der Waals surface area contributed by atoms with Gasteiger partial charge in [0, 0.05) is 30.3 Å². The third-order valence-electron chi connectivity index (χ3n) is 7.68. The molecule has 4 rings (SSSR count). The van der Waals surface area contributed by atoms with Crippen LogP contribution >= 0.6 is 0 Å². The average Bonchev–Trinajstić information content (AvgIpc) is 2.73. The number of piperidine rings is 1. The van der Waals surface area contributed by atoms with Crippen LogP contribution in [-0.4, -0.2) is 39.8 Å². The summed E-state index contributed by atoms with van der Waals surface area (Å²) >= 11 is 0. The summed E-state index contributed by atoms with van der Waals surface area (Å²) in [6.45, 7) is 12.5. The van der Waals surface area contributed by atoms with Crippen molar-refractivity contribution in [1.82, 2.24) is 14.9 Å². The van der Waals surface area contributed by atoms with Gasteiger partial charge in [-0.15, -0.1) is 0 Å². The van der Waals surface area contributed by atoms with Crippen molar-refractivity contribution in [2.24, 2.45) is 11.3 Å². The zero-order valence-corrected chi connectivity index (χ0v) is 19.3. The summed E-state index contributed by atoms with van der Waals surface area (Å²) in [7, 11) is 0. The highest BCUT2D eigenvalue weighted by molar-refractivity contribution is 5.79. The Hall–Kier alpha value is -1.29. The molecule has 4 heteroatoms. The molecule has 2 aliphatic carbocycles. The van der Waals surface area contributed by atoms with Crippen LogP contribution < -0.4 is 0 Å². The second-order valence-corrected chi connectivity index (χ2v) is 9.79. The molecule has 1 aliphatic heterocycles. The summed E-state index contributed by atoms with van der Waals surface area (Å²) in [5.41, 5.74) is 1.85. The Kier molecular flexibility index (Phi) is 7.47. The molecule has 2 saturated carbocycles. The highest BCUT2D eigenvalue weighted by atomic mass is 16.1. The SMILES string of the molecule is CC.CC(=O)C1CC2(CCC(N3CCC(c4cnc(C(C)C)nc4)CC3)CC2)C1. The Morgan fingerprint density at radius 3 is 2.07 bits per heavy atom. The summed E-state index contributed by atoms with van der Waals surface area (Å²) < 4.78 is 0. The second-order valence-electron chi connectivity index (χ2n) is 9.79. The van der Waals surface area contributed by atoms with Gasteiger partial charge in [0.1, 0.15) is 11.6 Å². The van der Waals surface area contributed by atoms with E-state index in [1.807, 2.05) is 13.8 Å². The van der Waals surface area contributed by atoms with E-state index in [-0.39, 0.29) is 0 Å². The van der Waals surface area contributed by atoms with Crippen LogP contribution in [0.1, 0.15) is 109 Å². The van der Waals surface area contributed by atoms with Gasteiger partial charge < -0.3 is 4.90 Å². The molecule has 162 valence electrons. The lowest BCUT2D eigenvalue weighted by atomic mass is 9.54. The number of carbonyl (C=O) groups excluding carboxylic acids is 1. The Labute approximate surface area is 177 Å². The zero-order chi connectivity index (χ0) is 21.0. The van der Waals surface area contributed by atoms with Crippen LogP contribution in [0.15, 0.2) is 12.4 Å². The van der Waals surface area contributed by atoms with Crippen molar-refractivity contribution in [1.29, 1.82) is 0 Å². The number of carbonyl (C=O) groups is 1. The molecule has 3 aliphatic rings. The number of nitrogens with zero attached hydrogens (tertiary/aromatic N) is 3. The van der Waals surface area contributed by atoms with Gasteiger partial charge in [0.15, 0.2) is 0 Å². The number of ketones is 1. The molecule has 0 atom stereocenters. The summed E-state index contributed by atoms with van der Waals surface area (Å²) in [6, 6.07) is 0.771. The first-order valence-corrected chi connectivity index (χ1v) is 12.0. The molecular formula is C25H41N3O. The minimum absolute atomic E-state index is 0.376. The maximum Gasteiger partial charge on any atom is 0.132 e. The predicted molar refractivity (Wildman–Crippen MR) is 119 cm³/mol. The minimum atomic E-state index is 0.376. The highest BCUT2D eigenvalue weighted by Gasteiger charge is 2.48. The van der Waals surface area contributed by atoms with Gasteiger partial charge in [-0.05, 0) is 88.3 Å². The fraction of sp³-hybridized carbons (Fsp3) is 0.800. The lowest BCUT2D eigenvalue weighted by molar-refractivity contribution is -0.130. The van der Waals surface area contributed by atoms with Gasteiger partial charge in [-0.3, -0.25) is 4.79 Å². The lowest BCUT2D eigenvalue weighted by Crippen LogP contribution is -2.48. The third kappa shape index (κ3) is 5.07. The summed E-state index contributed by atoms with van der Waals surface area (Å²) in [6.07, 6.45) is 14.3. The van der Waals surface area contributed by atoms with Crippen LogP contribution in [-0.2, 0) is 4.79 Å². The Balaban J connectivity index is 0.00000117. The van der Waals surface area contributed by atoms with Crippen LogP contribution in [0.2, 0.25) is 0 Å².